The summed E-state index contributed by atoms with van der Waals surface area (Å²) in [7, 11) is 0. The van der Waals surface area contributed by atoms with Gasteiger partial charge in [-0.05, 0) is 68.6 Å². The molecule has 5 aromatic carbocycles. The average Bonchev–Trinajstić information content (AvgIpc) is 3.39. The van der Waals surface area contributed by atoms with E-state index in [0.29, 0.717) is 6.71 Å². The molecule has 0 unspecified atom stereocenters. The van der Waals surface area contributed by atoms with Crippen LogP contribution in [0.25, 0.3) is 33.4 Å². The van der Waals surface area contributed by atoms with Gasteiger partial charge < -0.3 is 4.90 Å². The number of nitrogens with zero attached hydrogens (tertiary/aromatic N) is 1. The van der Waals surface area contributed by atoms with Crippen LogP contribution in [-0.2, 0) is 0 Å². The maximum Gasteiger partial charge on any atom is 0.249 e. The molecule has 0 saturated heterocycles. The van der Waals surface area contributed by atoms with E-state index in [1.807, 2.05) is 0 Å². The first-order chi connectivity index (χ1) is 15.9. The molecule has 0 spiro atoms. The third-order valence-corrected chi connectivity index (χ3v) is 7.43. The molecular formula is C30H18BN. The average molecular weight is 403 g/mol. The van der Waals surface area contributed by atoms with E-state index in [0.717, 1.165) is 0 Å². The van der Waals surface area contributed by atoms with Crippen LogP contribution in [0.3, 0.4) is 0 Å². The van der Waals surface area contributed by atoms with Crippen LogP contribution in [-0.4, -0.2) is 6.71 Å². The molecule has 0 fully saturated rings. The Labute approximate surface area is 187 Å². The van der Waals surface area contributed by atoms with Crippen molar-refractivity contribution in [3.05, 3.63) is 109 Å². The third-order valence-electron chi connectivity index (χ3n) is 7.43. The summed E-state index contributed by atoms with van der Waals surface area (Å²) in [5.41, 5.74) is 16.4. The van der Waals surface area contributed by atoms with E-state index in [-0.39, 0.29) is 0 Å². The lowest BCUT2D eigenvalue weighted by Gasteiger charge is -2.35. The highest BCUT2D eigenvalue weighted by Crippen LogP contribution is 2.45. The van der Waals surface area contributed by atoms with Crippen LogP contribution < -0.4 is 21.3 Å². The Balaban J connectivity index is 1.39. The van der Waals surface area contributed by atoms with E-state index in [1.54, 1.807) is 0 Å². The predicted octanol–water partition coefficient (Wildman–Crippen LogP) is 5.61. The Morgan fingerprint density at radius 3 is 1.50 bits per heavy atom. The highest BCUT2D eigenvalue weighted by atomic mass is 15.2. The number of rotatable bonds is 2. The minimum absolute atomic E-state index is 0.374. The van der Waals surface area contributed by atoms with Gasteiger partial charge >= 0.3 is 0 Å². The molecule has 8 rings (SSSR count). The molecule has 5 aromatic rings. The van der Waals surface area contributed by atoms with Crippen LogP contribution >= 0.6 is 0 Å². The maximum absolute atomic E-state index is 2.47. The molecule has 32 heavy (non-hydrogen) atoms. The number of anilines is 3. The van der Waals surface area contributed by atoms with Crippen molar-refractivity contribution in [1.29, 1.82) is 0 Å². The summed E-state index contributed by atoms with van der Waals surface area (Å²) < 4.78 is 0. The van der Waals surface area contributed by atoms with Crippen molar-refractivity contribution in [1.82, 2.24) is 0 Å². The minimum atomic E-state index is 0.374. The van der Waals surface area contributed by atoms with Crippen LogP contribution in [0, 0.1) is 0 Å². The lowest BCUT2D eigenvalue weighted by atomic mass is 9.39. The summed E-state index contributed by atoms with van der Waals surface area (Å²) in [6.07, 6.45) is 0. The number of benzene rings is 5. The first kappa shape index (κ1) is 16.6. The van der Waals surface area contributed by atoms with Crippen molar-refractivity contribution in [3.8, 4) is 33.4 Å². The molecule has 3 aliphatic heterocycles. The van der Waals surface area contributed by atoms with Gasteiger partial charge in [0.1, 0.15) is 0 Å². The fraction of sp³-hybridized carbons (Fsp3) is 0. The predicted molar refractivity (Wildman–Crippen MR) is 136 cm³/mol. The molecule has 0 aliphatic carbocycles. The molecule has 0 bridgehead atoms. The Morgan fingerprint density at radius 1 is 0.406 bits per heavy atom. The summed E-state index contributed by atoms with van der Waals surface area (Å²) in [5.74, 6) is 0. The highest BCUT2D eigenvalue weighted by Gasteiger charge is 2.48. The van der Waals surface area contributed by atoms with E-state index in [1.165, 1.54) is 66.8 Å². The summed E-state index contributed by atoms with van der Waals surface area (Å²) in [6, 6.07) is 40.1. The van der Waals surface area contributed by atoms with Gasteiger partial charge in [0, 0.05) is 17.1 Å². The van der Waals surface area contributed by atoms with Crippen LogP contribution in [0.5, 0.6) is 0 Å². The standard InChI is InChI=1S/C30H18BN/c1-2-7-19(8-3-1)20-15-17-21(18-16-20)32-26-13-5-11-24-22-9-4-10-23-25-12-6-14-27(32)30(25)31(28(22)23)29(24)26/h1-18H. The van der Waals surface area contributed by atoms with Crippen molar-refractivity contribution in [3.63, 3.8) is 0 Å². The molecule has 0 N–H and O–H groups in total. The first-order valence-corrected chi connectivity index (χ1v) is 11.3. The van der Waals surface area contributed by atoms with Gasteiger partial charge in [-0.3, -0.25) is 0 Å². The van der Waals surface area contributed by atoms with Crippen molar-refractivity contribution < 1.29 is 0 Å². The summed E-state index contributed by atoms with van der Waals surface area (Å²) in [6.45, 7) is 0.374. The second kappa shape index (κ2) is 5.80. The Kier molecular flexibility index (Phi) is 3.02. The van der Waals surface area contributed by atoms with Gasteiger partial charge in [-0.25, -0.2) is 0 Å². The molecule has 0 aromatic heterocycles. The van der Waals surface area contributed by atoms with E-state index in [9.17, 15) is 0 Å². The molecular weight excluding hydrogens is 385 g/mol. The highest BCUT2D eigenvalue weighted by molar-refractivity contribution is 7.04. The lowest BCUT2D eigenvalue weighted by Crippen LogP contribution is -2.52. The maximum atomic E-state index is 2.47. The topological polar surface area (TPSA) is 3.24 Å². The molecule has 2 heteroatoms. The number of hydrogen-bond acceptors (Lipinski definition) is 1. The minimum Gasteiger partial charge on any atom is -0.311 e. The first-order valence-electron chi connectivity index (χ1n) is 11.3. The van der Waals surface area contributed by atoms with Crippen LogP contribution in [0.2, 0.25) is 0 Å². The zero-order valence-electron chi connectivity index (χ0n) is 17.4. The Hall–Kier alpha value is -4.04. The summed E-state index contributed by atoms with van der Waals surface area (Å²) in [4.78, 5) is 2.47. The van der Waals surface area contributed by atoms with Crippen LogP contribution in [0.4, 0.5) is 17.1 Å². The SMILES string of the molecule is c1ccc(-c2ccc(N3c4cccc5c4B4c6c-5cccc6-c5cccc3c54)cc2)cc1. The van der Waals surface area contributed by atoms with Gasteiger partial charge in [0.25, 0.3) is 0 Å². The lowest BCUT2D eigenvalue weighted by molar-refractivity contribution is 1.30. The van der Waals surface area contributed by atoms with E-state index in [4.69, 9.17) is 0 Å². The third kappa shape index (κ3) is 1.91. The monoisotopic (exact) mass is 403 g/mol. The van der Waals surface area contributed by atoms with Gasteiger partial charge in [-0.1, -0.05) is 90.4 Å². The van der Waals surface area contributed by atoms with Crippen LogP contribution in [0.15, 0.2) is 109 Å². The normalized spacial score (nSPS) is 13.5. The summed E-state index contributed by atoms with van der Waals surface area (Å²) >= 11 is 0. The molecule has 146 valence electrons. The molecule has 0 atom stereocenters. The van der Waals surface area contributed by atoms with E-state index >= 15 is 0 Å². The molecule has 0 saturated carbocycles. The second-order valence-corrected chi connectivity index (χ2v) is 8.92. The number of fused-ring (bicyclic) bond motifs is 2. The van der Waals surface area contributed by atoms with Crippen molar-refractivity contribution >= 4 is 40.2 Å². The zero-order chi connectivity index (χ0) is 20.8. The molecule has 0 amide bonds. The fourth-order valence-corrected chi connectivity index (χ4v) is 6.19. The Morgan fingerprint density at radius 2 is 0.906 bits per heavy atom. The van der Waals surface area contributed by atoms with Gasteiger partial charge in [-0.15, -0.1) is 0 Å². The van der Waals surface area contributed by atoms with Crippen molar-refractivity contribution in [2.24, 2.45) is 0 Å². The summed E-state index contributed by atoms with van der Waals surface area (Å²) in [5, 5.41) is 0. The molecule has 3 aliphatic rings. The van der Waals surface area contributed by atoms with Crippen molar-refractivity contribution in [2.45, 2.75) is 0 Å². The molecule has 1 nitrogen and oxygen atoms in total. The van der Waals surface area contributed by atoms with Crippen molar-refractivity contribution in [2.75, 3.05) is 4.90 Å². The van der Waals surface area contributed by atoms with Gasteiger partial charge in [0.05, 0.1) is 0 Å². The van der Waals surface area contributed by atoms with Crippen LogP contribution in [0.1, 0.15) is 0 Å². The van der Waals surface area contributed by atoms with E-state index in [2.05, 4.69) is 114 Å². The van der Waals surface area contributed by atoms with Gasteiger partial charge in [-0.2, -0.15) is 0 Å². The van der Waals surface area contributed by atoms with Gasteiger partial charge in [0.15, 0.2) is 0 Å². The second-order valence-electron chi connectivity index (χ2n) is 8.92. The number of hydrogen-bond donors (Lipinski definition) is 0. The van der Waals surface area contributed by atoms with E-state index < -0.39 is 0 Å². The quantitative estimate of drug-likeness (QED) is 0.339. The van der Waals surface area contributed by atoms with Gasteiger partial charge in [0.2, 0.25) is 6.71 Å². The molecule has 3 heterocycles. The zero-order valence-corrected chi connectivity index (χ0v) is 17.4. The fourth-order valence-electron chi connectivity index (χ4n) is 6.19. The smallest absolute Gasteiger partial charge is 0.249 e. The largest absolute Gasteiger partial charge is 0.311 e. The Bertz CT molecular complexity index is 1490. The molecule has 0 radical (unpaired) electrons.